The number of amides is 1. The minimum Gasteiger partial charge on any atom is -0.495 e. The lowest BCUT2D eigenvalue weighted by Crippen LogP contribution is -2.43. The number of ether oxygens (including phenoxy) is 1. The topological polar surface area (TPSA) is 105 Å². The summed E-state index contributed by atoms with van der Waals surface area (Å²) in [5.74, 6) is 0.589. The summed E-state index contributed by atoms with van der Waals surface area (Å²) >= 11 is 1.24. The largest absolute Gasteiger partial charge is 0.495 e. The lowest BCUT2D eigenvalue weighted by molar-refractivity contribution is -0.115. The van der Waals surface area contributed by atoms with Crippen molar-refractivity contribution in [3.8, 4) is 22.7 Å². The Hall–Kier alpha value is -3.59. The number of primary amides is 1. The van der Waals surface area contributed by atoms with Crippen molar-refractivity contribution in [2.24, 2.45) is 5.73 Å². The predicted molar refractivity (Wildman–Crippen MR) is 139 cm³/mol. The van der Waals surface area contributed by atoms with Crippen molar-refractivity contribution in [2.45, 2.75) is 49.1 Å². The summed E-state index contributed by atoms with van der Waals surface area (Å²) in [6.45, 7) is 0. The fourth-order valence-electron chi connectivity index (χ4n) is 6.03. The van der Waals surface area contributed by atoms with E-state index >= 15 is 0 Å². The highest BCUT2D eigenvalue weighted by Crippen LogP contribution is 2.49. The molecule has 2 aromatic heterocycles. The molecule has 2 aromatic carbocycles. The third kappa shape index (κ3) is 3.44. The Morgan fingerprint density at radius 3 is 2.61 bits per heavy atom. The van der Waals surface area contributed by atoms with Gasteiger partial charge in [0.15, 0.2) is 5.16 Å². The monoisotopic (exact) mass is 501 g/mol. The molecule has 0 aliphatic heterocycles. The molecule has 2 aliphatic carbocycles. The highest BCUT2D eigenvalue weighted by Gasteiger charge is 2.44. The molecule has 0 unspecified atom stereocenters. The SMILES string of the molecule is COc1ccccc1-n1c(=O)c2c(n3c(SCC(N)=O)nnc13)-c1ccccc1CC21CCCCC1. The summed E-state index contributed by atoms with van der Waals surface area (Å²) < 4.78 is 9.22. The Kier molecular flexibility index (Phi) is 5.59. The zero-order valence-electron chi connectivity index (χ0n) is 20.1. The molecular weight excluding hydrogens is 474 g/mol. The van der Waals surface area contributed by atoms with Gasteiger partial charge in [0.1, 0.15) is 5.75 Å². The minimum absolute atomic E-state index is 0.0656. The fourth-order valence-corrected chi connectivity index (χ4v) is 6.70. The van der Waals surface area contributed by atoms with Crippen molar-refractivity contribution in [2.75, 3.05) is 12.9 Å². The number of nitrogens with zero attached hydrogens (tertiary/aromatic N) is 4. The average Bonchev–Trinajstić information content (AvgIpc) is 3.31. The van der Waals surface area contributed by atoms with E-state index in [9.17, 15) is 9.59 Å². The van der Waals surface area contributed by atoms with E-state index in [-0.39, 0.29) is 16.7 Å². The lowest BCUT2D eigenvalue weighted by atomic mass is 9.62. The molecule has 1 saturated carbocycles. The third-order valence-electron chi connectivity index (χ3n) is 7.51. The lowest BCUT2D eigenvalue weighted by Gasteiger charge is -2.42. The first-order valence-corrected chi connectivity index (χ1v) is 13.2. The predicted octanol–water partition coefficient (Wildman–Crippen LogP) is 3.89. The molecule has 1 amide bonds. The number of para-hydroxylation sites is 2. The Morgan fingerprint density at radius 2 is 1.83 bits per heavy atom. The second kappa shape index (κ2) is 8.81. The van der Waals surface area contributed by atoms with E-state index in [0.29, 0.717) is 22.4 Å². The summed E-state index contributed by atoms with van der Waals surface area (Å²) in [6.07, 6.45) is 6.07. The van der Waals surface area contributed by atoms with Crippen molar-refractivity contribution in [1.82, 2.24) is 19.2 Å². The molecule has 2 aliphatic rings. The van der Waals surface area contributed by atoms with Crippen LogP contribution in [-0.4, -0.2) is 37.9 Å². The van der Waals surface area contributed by atoms with Crippen LogP contribution in [0.1, 0.15) is 43.2 Å². The van der Waals surface area contributed by atoms with Gasteiger partial charge in [0.25, 0.3) is 5.56 Å². The molecule has 0 atom stereocenters. The molecular formula is C27H27N5O3S. The number of thioether (sulfide) groups is 1. The molecule has 0 radical (unpaired) electrons. The summed E-state index contributed by atoms with van der Waals surface area (Å²) in [5.41, 5.74) is 9.61. The first-order chi connectivity index (χ1) is 17.5. The first-order valence-electron chi connectivity index (χ1n) is 12.2. The number of hydrogen-bond acceptors (Lipinski definition) is 6. The average molecular weight is 502 g/mol. The molecule has 0 bridgehead atoms. The minimum atomic E-state index is -0.437. The fraction of sp³-hybridized carbons (Fsp3) is 0.333. The van der Waals surface area contributed by atoms with Gasteiger partial charge in [-0.15, -0.1) is 10.2 Å². The number of carbonyl (C=O) groups is 1. The number of hydrogen-bond donors (Lipinski definition) is 1. The molecule has 1 fully saturated rings. The van der Waals surface area contributed by atoms with Gasteiger partial charge in [0.2, 0.25) is 11.7 Å². The molecule has 2 heterocycles. The van der Waals surface area contributed by atoms with Crippen molar-refractivity contribution in [3.05, 3.63) is 70.0 Å². The smallest absolute Gasteiger partial charge is 0.264 e. The second-order valence-corrected chi connectivity index (χ2v) is 10.5. The van der Waals surface area contributed by atoms with Crippen LogP contribution in [0.25, 0.3) is 22.7 Å². The van der Waals surface area contributed by atoms with E-state index in [1.54, 1.807) is 11.7 Å². The summed E-state index contributed by atoms with van der Waals surface area (Å²) in [4.78, 5) is 26.3. The van der Waals surface area contributed by atoms with Gasteiger partial charge in [-0.05, 0) is 37.0 Å². The zero-order valence-corrected chi connectivity index (χ0v) is 20.9. The Morgan fingerprint density at radius 1 is 1.08 bits per heavy atom. The number of rotatable bonds is 5. The molecule has 1 spiro atoms. The molecule has 4 aromatic rings. The standard InChI is InChI=1S/C27H27N5O3S/c1-35-20-12-6-5-11-19(20)31-24(34)22-23(32-25(31)29-30-26(32)36-16-21(28)33)18-10-4-3-9-17(18)15-27(22)13-7-2-8-14-27/h3-6,9-12H,2,7-8,13-16H2,1H3,(H2,28,33). The van der Waals surface area contributed by atoms with Crippen LogP contribution in [0.3, 0.4) is 0 Å². The molecule has 36 heavy (non-hydrogen) atoms. The van der Waals surface area contributed by atoms with E-state index in [0.717, 1.165) is 48.9 Å². The van der Waals surface area contributed by atoms with Crippen molar-refractivity contribution >= 4 is 23.4 Å². The van der Waals surface area contributed by atoms with Crippen LogP contribution in [0.2, 0.25) is 0 Å². The number of fused-ring (bicyclic) bond motifs is 6. The number of carbonyl (C=O) groups excluding carboxylic acids is 1. The summed E-state index contributed by atoms with van der Waals surface area (Å²) in [6, 6.07) is 15.7. The molecule has 9 heteroatoms. The van der Waals surface area contributed by atoms with Gasteiger partial charge in [-0.2, -0.15) is 0 Å². The number of methoxy groups -OCH3 is 1. The zero-order chi connectivity index (χ0) is 24.9. The van der Waals surface area contributed by atoms with Crippen molar-refractivity contribution in [1.29, 1.82) is 0 Å². The van der Waals surface area contributed by atoms with Gasteiger partial charge < -0.3 is 10.5 Å². The highest BCUT2D eigenvalue weighted by atomic mass is 32.2. The third-order valence-corrected chi connectivity index (χ3v) is 8.46. The van der Waals surface area contributed by atoms with Crippen molar-refractivity contribution in [3.63, 3.8) is 0 Å². The number of nitrogens with two attached hydrogens (primary N) is 1. The Labute approximate surface area is 212 Å². The Balaban J connectivity index is 1.77. The van der Waals surface area contributed by atoms with Crippen LogP contribution in [0.5, 0.6) is 5.75 Å². The maximum Gasteiger partial charge on any atom is 0.264 e. The van der Waals surface area contributed by atoms with E-state index < -0.39 is 5.91 Å². The second-order valence-electron chi connectivity index (χ2n) is 9.58. The summed E-state index contributed by atoms with van der Waals surface area (Å²) in [5, 5.41) is 9.44. The number of benzene rings is 2. The normalized spacial score (nSPS) is 16.0. The van der Waals surface area contributed by atoms with Gasteiger partial charge in [-0.1, -0.05) is 67.4 Å². The first kappa shape index (κ1) is 22.8. The van der Waals surface area contributed by atoms with Gasteiger partial charge in [-0.25, -0.2) is 4.57 Å². The van der Waals surface area contributed by atoms with Crippen molar-refractivity contribution < 1.29 is 9.53 Å². The van der Waals surface area contributed by atoms with Crippen LogP contribution in [0.4, 0.5) is 0 Å². The van der Waals surface area contributed by atoms with Gasteiger partial charge >= 0.3 is 0 Å². The molecule has 6 rings (SSSR count). The Bertz CT molecular complexity index is 1550. The highest BCUT2D eigenvalue weighted by molar-refractivity contribution is 7.99. The van der Waals surface area contributed by atoms with E-state index in [1.807, 2.05) is 34.7 Å². The summed E-state index contributed by atoms with van der Waals surface area (Å²) in [7, 11) is 1.59. The van der Waals surface area contributed by atoms with Crippen LogP contribution in [-0.2, 0) is 16.6 Å². The van der Waals surface area contributed by atoms with Crippen LogP contribution in [0, 0.1) is 0 Å². The maximum atomic E-state index is 14.6. The number of aromatic nitrogens is 4. The van der Waals surface area contributed by atoms with Gasteiger partial charge in [-0.3, -0.25) is 14.0 Å². The van der Waals surface area contributed by atoms with E-state index in [1.165, 1.54) is 23.7 Å². The van der Waals surface area contributed by atoms with Crippen LogP contribution >= 0.6 is 11.8 Å². The van der Waals surface area contributed by atoms with E-state index in [4.69, 9.17) is 10.5 Å². The molecule has 2 N–H and O–H groups in total. The molecule has 0 saturated heterocycles. The quantitative estimate of drug-likeness (QED) is 0.416. The maximum absolute atomic E-state index is 14.6. The van der Waals surface area contributed by atoms with E-state index in [2.05, 4.69) is 28.4 Å². The van der Waals surface area contributed by atoms with Crippen LogP contribution in [0.15, 0.2) is 58.5 Å². The van der Waals surface area contributed by atoms with Gasteiger partial charge in [0, 0.05) is 16.5 Å². The molecule has 8 nitrogen and oxygen atoms in total. The van der Waals surface area contributed by atoms with Crippen LogP contribution < -0.4 is 16.0 Å². The van der Waals surface area contributed by atoms with Gasteiger partial charge in [0.05, 0.1) is 24.2 Å². The molecule has 184 valence electrons.